The lowest BCUT2D eigenvalue weighted by atomic mass is 9.89. The van der Waals surface area contributed by atoms with E-state index in [2.05, 4.69) is 17.9 Å². The molecule has 2 aliphatic rings. The van der Waals surface area contributed by atoms with Crippen LogP contribution in [-0.4, -0.2) is 28.1 Å². The molecule has 0 aromatic carbocycles. The lowest BCUT2D eigenvalue weighted by Crippen LogP contribution is -2.17. The Hall–Kier alpha value is -1.86. The van der Waals surface area contributed by atoms with E-state index in [0.717, 1.165) is 25.7 Å². The molecule has 2 fully saturated rings. The number of rotatable bonds is 8. The highest BCUT2D eigenvalue weighted by Gasteiger charge is 2.44. The lowest BCUT2D eigenvalue weighted by molar-refractivity contribution is -0.137. The molecule has 0 amide bonds. The second kappa shape index (κ2) is 9.73. The number of fused-ring (bicyclic) bond motifs is 1. The van der Waals surface area contributed by atoms with Crippen LogP contribution in [0.4, 0.5) is 0 Å². The Morgan fingerprint density at radius 3 is 2.81 bits per heavy atom. The summed E-state index contributed by atoms with van der Waals surface area (Å²) in [5.41, 5.74) is 1.38. The number of aliphatic hydroxyl groups excluding tert-OH is 1. The predicted octanol–water partition coefficient (Wildman–Crippen LogP) is 3.75. The summed E-state index contributed by atoms with van der Waals surface area (Å²) in [6.45, 7) is 3.66. The monoisotopic (exact) mass is 358 g/mol. The van der Waals surface area contributed by atoms with Crippen LogP contribution in [-0.2, 0) is 9.59 Å². The van der Waals surface area contributed by atoms with Gasteiger partial charge in [-0.05, 0) is 56.9 Å². The quantitative estimate of drug-likeness (QED) is 0.300. The van der Waals surface area contributed by atoms with Gasteiger partial charge in [0.15, 0.2) is 5.78 Å². The zero-order valence-electron chi connectivity index (χ0n) is 15.8. The van der Waals surface area contributed by atoms with E-state index in [1.165, 1.54) is 5.57 Å². The van der Waals surface area contributed by atoms with Crippen LogP contribution >= 0.6 is 0 Å². The van der Waals surface area contributed by atoms with Crippen molar-refractivity contribution in [1.82, 2.24) is 0 Å². The van der Waals surface area contributed by atoms with Gasteiger partial charge in [0.1, 0.15) is 0 Å². The van der Waals surface area contributed by atoms with Crippen molar-refractivity contribution in [2.75, 3.05) is 0 Å². The number of allylic oxidation sites excluding steroid dienone is 3. The molecule has 5 atom stereocenters. The van der Waals surface area contributed by atoms with Crippen molar-refractivity contribution >= 4 is 11.8 Å². The van der Waals surface area contributed by atoms with Gasteiger partial charge in [0.25, 0.3) is 0 Å². The molecule has 0 spiro atoms. The molecule has 0 radical (unpaired) electrons. The topological polar surface area (TPSA) is 74.6 Å². The number of ketones is 1. The molecule has 0 saturated heterocycles. The summed E-state index contributed by atoms with van der Waals surface area (Å²) in [6, 6.07) is 0. The molecule has 0 bridgehead atoms. The maximum Gasteiger partial charge on any atom is 0.303 e. The molecule has 0 aromatic rings. The summed E-state index contributed by atoms with van der Waals surface area (Å²) >= 11 is 0. The maximum absolute atomic E-state index is 12.2. The summed E-state index contributed by atoms with van der Waals surface area (Å²) in [4.78, 5) is 22.8. The fourth-order valence-electron chi connectivity index (χ4n) is 4.23. The Balaban J connectivity index is 1.91. The zero-order chi connectivity index (χ0) is 19.1. The minimum Gasteiger partial charge on any atom is -0.481 e. The molecule has 0 aromatic heterocycles. The molecule has 0 heterocycles. The Kier molecular flexibility index (Phi) is 7.66. The van der Waals surface area contributed by atoms with E-state index >= 15 is 0 Å². The van der Waals surface area contributed by atoms with Gasteiger partial charge in [0, 0.05) is 24.7 Å². The highest BCUT2D eigenvalue weighted by Crippen LogP contribution is 2.50. The highest BCUT2D eigenvalue weighted by molar-refractivity contribution is 5.91. The third-order valence-corrected chi connectivity index (χ3v) is 5.69. The van der Waals surface area contributed by atoms with Crippen molar-refractivity contribution in [3.05, 3.63) is 23.8 Å². The van der Waals surface area contributed by atoms with Gasteiger partial charge in [-0.1, -0.05) is 24.6 Å². The highest BCUT2D eigenvalue weighted by atomic mass is 16.4. The minimum atomic E-state index is -0.746. The molecular weight excluding hydrogens is 328 g/mol. The third-order valence-electron chi connectivity index (χ3n) is 5.69. The van der Waals surface area contributed by atoms with Crippen molar-refractivity contribution < 1.29 is 19.8 Å². The molecule has 4 heteroatoms. The molecule has 4 nitrogen and oxygen atoms in total. The average Bonchev–Trinajstić information content (AvgIpc) is 3.10. The van der Waals surface area contributed by atoms with Crippen LogP contribution in [0.5, 0.6) is 0 Å². The number of carboxylic acid groups (broad SMARTS) is 1. The van der Waals surface area contributed by atoms with Crippen LogP contribution in [0.3, 0.4) is 0 Å². The number of unbranched alkanes of at least 4 members (excludes halogenated alkanes) is 1. The molecule has 26 heavy (non-hydrogen) atoms. The number of carbonyl (C=O) groups excluding carboxylic acids is 1. The minimum absolute atomic E-state index is 0.0401. The Labute approximate surface area is 156 Å². The van der Waals surface area contributed by atoms with Gasteiger partial charge in [0.05, 0.1) is 6.10 Å². The van der Waals surface area contributed by atoms with Crippen LogP contribution in [0.15, 0.2) is 23.8 Å². The SMILES string of the molecule is CC#CC[C@@H](C)C(=O)/C=C/[C@@H]1[C@H]2C/C(=C/CCCC(=O)O)C[C@@H]2C[C@@H]1O. The van der Waals surface area contributed by atoms with Gasteiger partial charge in [-0.2, -0.15) is 0 Å². The lowest BCUT2D eigenvalue weighted by Gasteiger charge is -2.17. The number of aliphatic carboxylic acids is 1. The predicted molar refractivity (Wildman–Crippen MR) is 101 cm³/mol. The number of carboxylic acids is 1. The largest absolute Gasteiger partial charge is 0.481 e. The van der Waals surface area contributed by atoms with Crippen molar-refractivity contribution in [3.8, 4) is 11.8 Å². The molecule has 0 aliphatic heterocycles. The normalized spacial score (nSPS) is 30.2. The molecule has 142 valence electrons. The molecule has 2 aliphatic carbocycles. The first-order valence-corrected chi connectivity index (χ1v) is 9.61. The van der Waals surface area contributed by atoms with Crippen LogP contribution in [0.25, 0.3) is 0 Å². The average molecular weight is 358 g/mol. The standard InChI is InChI=1S/C22H30O4/c1-3-4-7-15(2)20(23)11-10-18-19-13-16(8-5-6-9-22(25)26)12-17(19)14-21(18)24/h8,10-11,15,17-19,21,24H,5-7,9,12-14H2,1-2H3,(H,25,26)/b11-10+,16-8+/t15-,17-,18-,19+,21+/m1/s1. The van der Waals surface area contributed by atoms with E-state index in [-0.39, 0.29) is 30.1 Å². The summed E-state index contributed by atoms with van der Waals surface area (Å²) < 4.78 is 0. The first-order valence-electron chi connectivity index (χ1n) is 9.61. The fraction of sp³-hybridized carbons (Fsp3) is 0.636. The first kappa shape index (κ1) is 20.5. The van der Waals surface area contributed by atoms with Gasteiger partial charge >= 0.3 is 5.97 Å². The van der Waals surface area contributed by atoms with Gasteiger partial charge in [0.2, 0.25) is 0 Å². The number of carbonyl (C=O) groups is 2. The van der Waals surface area contributed by atoms with Crippen molar-refractivity contribution in [2.45, 2.75) is 64.9 Å². The summed E-state index contributed by atoms with van der Waals surface area (Å²) in [5.74, 6) is 5.88. The van der Waals surface area contributed by atoms with Crippen LogP contribution in [0.2, 0.25) is 0 Å². The van der Waals surface area contributed by atoms with Gasteiger partial charge in [-0.3, -0.25) is 9.59 Å². The third kappa shape index (κ3) is 5.57. The molecule has 0 unspecified atom stereocenters. The van der Waals surface area contributed by atoms with E-state index in [4.69, 9.17) is 5.11 Å². The van der Waals surface area contributed by atoms with E-state index in [9.17, 15) is 14.7 Å². The molecule has 2 saturated carbocycles. The summed E-state index contributed by atoms with van der Waals surface area (Å²) in [7, 11) is 0. The van der Waals surface area contributed by atoms with Crippen molar-refractivity contribution in [3.63, 3.8) is 0 Å². The molecule has 2 N–H and O–H groups in total. The second-order valence-corrected chi connectivity index (χ2v) is 7.65. The van der Waals surface area contributed by atoms with Crippen molar-refractivity contribution in [2.24, 2.45) is 23.7 Å². The first-order chi connectivity index (χ1) is 12.4. The fourth-order valence-corrected chi connectivity index (χ4v) is 4.23. The van der Waals surface area contributed by atoms with E-state index in [1.807, 2.05) is 13.0 Å². The van der Waals surface area contributed by atoms with Crippen LogP contribution < -0.4 is 0 Å². The number of hydrogen-bond acceptors (Lipinski definition) is 3. The number of aliphatic hydroxyl groups is 1. The Bertz CT molecular complexity index is 634. The van der Waals surface area contributed by atoms with E-state index in [1.54, 1.807) is 13.0 Å². The number of hydrogen-bond donors (Lipinski definition) is 2. The van der Waals surface area contributed by atoms with Crippen LogP contribution in [0, 0.1) is 35.5 Å². The zero-order valence-corrected chi connectivity index (χ0v) is 15.8. The van der Waals surface area contributed by atoms with E-state index < -0.39 is 5.97 Å². The summed E-state index contributed by atoms with van der Waals surface area (Å²) in [6.07, 6.45) is 10.4. The second-order valence-electron chi connectivity index (χ2n) is 7.65. The van der Waals surface area contributed by atoms with Gasteiger partial charge in [-0.25, -0.2) is 0 Å². The van der Waals surface area contributed by atoms with Crippen molar-refractivity contribution in [1.29, 1.82) is 0 Å². The van der Waals surface area contributed by atoms with Gasteiger partial charge < -0.3 is 10.2 Å². The van der Waals surface area contributed by atoms with E-state index in [0.29, 0.717) is 24.7 Å². The van der Waals surface area contributed by atoms with Crippen LogP contribution in [0.1, 0.15) is 58.8 Å². The smallest absolute Gasteiger partial charge is 0.303 e. The molecule has 2 rings (SSSR count). The molecular formula is C22H30O4. The maximum atomic E-state index is 12.2. The summed E-state index contributed by atoms with van der Waals surface area (Å²) in [5, 5.41) is 19.1. The Morgan fingerprint density at radius 2 is 2.12 bits per heavy atom. The Morgan fingerprint density at radius 1 is 1.35 bits per heavy atom. The van der Waals surface area contributed by atoms with Gasteiger partial charge in [-0.15, -0.1) is 11.8 Å².